The largest absolute Gasteiger partial charge is 0.497 e. The molecule has 0 unspecified atom stereocenters. The summed E-state index contributed by atoms with van der Waals surface area (Å²) in [5, 5.41) is 0. The predicted octanol–water partition coefficient (Wildman–Crippen LogP) is 3.76. The molecule has 1 saturated heterocycles. The summed E-state index contributed by atoms with van der Waals surface area (Å²) < 4.78 is 12.9. The first-order valence-corrected chi connectivity index (χ1v) is 9.24. The monoisotopic (exact) mass is 377 g/mol. The number of imidazole rings is 1. The second-order valence-corrected chi connectivity index (χ2v) is 6.80. The van der Waals surface area contributed by atoms with Gasteiger partial charge in [-0.1, -0.05) is 18.2 Å². The van der Waals surface area contributed by atoms with E-state index in [2.05, 4.69) is 17.2 Å². The highest BCUT2D eigenvalue weighted by molar-refractivity contribution is 5.98. The van der Waals surface area contributed by atoms with Gasteiger partial charge in [-0.2, -0.15) is 0 Å². The minimum atomic E-state index is -0.00393. The third kappa shape index (κ3) is 3.01. The molecule has 1 aliphatic heterocycles. The molecule has 0 aliphatic carbocycles. The second-order valence-electron chi connectivity index (χ2n) is 6.80. The Kier molecular flexibility index (Phi) is 4.77. The summed E-state index contributed by atoms with van der Waals surface area (Å²) in [6.07, 6.45) is 2.26. The van der Waals surface area contributed by atoms with Gasteiger partial charge in [0.2, 0.25) is 5.91 Å². The number of carbonyl (C=O) groups excluding carboxylic acids is 1. The molecule has 0 N–H and O–H groups in total. The van der Waals surface area contributed by atoms with Crippen LogP contribution in [0.3, 0.4) is 0 Å². The van der Waals surface area contributed by atoms with Gasteiger partial charge in [-0.25, -0.2) is 4.98 Å². The number of hydrogen-bond donors (Lipinski definition) is 0. The van der Waals surface area contributed by atoms with Crippen LogP contribution in [0.2, 0.25) is 0 Å². The van der Waals surface area contributed by atoms with E-state index in [1.54, 1.807) is 19.1 Å². The maximum Gasteiger partial charge on any atom is 0.227 e. The van der Waals surface area contributed by atoms with Crippen molar-refractivity contribution in [2.75, 3.05) is 25.7 Å². The third-order valence-electron chi connectivity index (χ3n) is 5.16. The second kappa shape index (κ2) is 7.38. The SMILES string of the molecule is C=CCn1c([C@H]2CC(=O)N(c3cc(OC)ccc3OC)C2)nc2ccccc21. The van der Waals surface area contributed by atoms with Crippen molar-refractivity contribution < 1.29 is 14.3 Å². The van der Waals surface area contributed by atoms with Gasteiger partial charge in [0.1, 0.15) is 17.3 Å². The minimum absolute atomic E-state index is 0.00393. The quantitative estimate of drug-likeness (QED) is 0.614. The lowest BCUT2D eigenvalue weighted by atomic mass is 10.1. The van der Waals surface area contributed by atoms with E-state index in [1.165, 1.54) is 0 Å². The molecule has 1 aromatic heterocycles. The van der Waals surface area contributed by atoms with Crippen LogP contribution in [-0.2, 0) is 11.3 Å². The van der Waals surface area contributed by atoms with Gasteiger partial charge in [0, 0.05) is 31.5 Å². The van der Waals surface area contributed by atoms with Gasteiger partial charge in [-0.3, -0.25) is 4.79 Å². The van der Waals surface area contributed by atoms with Gasteiger partial charge in [0.15, 0.2) is 0 Å². The number of fused-ring (bicyclic) bond motifs is 1. The Hall–Kier alpha value is -3.28. The standard InChI is InChI=1S/C22H23N3O3/c1-4-11-24-18-8-6-5-7-17(18)23-22(24)15-12-21(26)25(14-15)19-13-16(27-2)9-10-20(19)28-3/h4-10,13,15H,1,11-12,14H2,2-3H3/t15-/m0/s1. The zero-order valence-electron chi connectivity index (χ0n) is 16.1. The van der Waals surface area contributed by atoms with Gasteiger partial charge in [0.25, 0.3) is 0 Å². The van der Waals surface area contributed by atoms with Crippen LogP contribution in [0.4, 0.5) is 5.69 Å². The molecule has 6 nitrogen and oxygen atoms in total. The number of anilines is 1. The Labute approximate surface area is 164 Å². The van der Waals surface area contributed by atoms with E-state index >= 15 is 0 Å². The number of amides is 1. The molecule has 1 amide bonds. The molecule has 2 aromatic carbocycles. The molecule has 0 bridgehead atoms. The number of methoxy groups -OCH3 is 2. The summed E-state index contributed by atoms with van der Waals surface area (Å²) >= 11 is 0. The Morgan fingerprint density at radius 2 is 2.04 bits per heavy atom. The molecule has 144 valence electrons. The molecule has 0 radical (unpaired) electrons. The molecular formula is C22H23N3O3. The molecule has 0 saturated carbocycles. The predicted molar refractivity (Wildman–Crippen MR) is 109 cm³/mol. The highest BCUT2D eigenvalue weighted by atomic mass is 16.5. The molecule has 4 rings (SSSR count). The topological polar surface area (TPSA) is 56.6 Å². The zero-order valence-corrected chi connectivity index (χ0v) is 16.1. The van der Waals surface area contributed by atoms with Crippen molar-refractivity contribution in [3.8, 4) is 11.5 Å². The van der Waals surface area contributed by atoms with Gasteiger partial charge >= 0.3 is 0 Å². The van der Waals surface area contributed by atoms with Crippen molar-refractivity contribution in [1.29, 1.82) is 0 Å². The maximum absolute atomic E-state index is 12.9. The van der Waals surface area contributed by atoms with E-state index in [0.29, 0.717) is 31.0 Å². The van der Waals surface area contributed by atoms with Crippen LogP contribution in [0.5, 0.6) is 11.5 Å². The molecule has 1 aliphatic rings. The lowest BCUT2D eigenvalue weighted by Gasteiger charge is -2.20. The molecule has 1 fully saturated rings. The van der Waals surface area contributed by atoms with E-state index in [1.807, 2.05) is 42.5 Å². The fourth-order valence-electron chi connectivity index (χ4n) is 3.85. The van der Waals surface area contributed by atoms with Crippen LogP contribution in [-0.4, -0.2) is 36.2 Å². The van der Waals surface area contributed by atoms with E-state index in [-0.39, 0.29) is 11.8 Å². The Morgan fingerprint density at radius 1 is 1.21 bits per heavy atom. The van der Waals surface area contributed by atoms with Crippen LogP contribution in [0.1, 0.15) is 18.2 Å². The van der Waals surface area contributed by atoms with Crippen molar-refractivity contribution in [2.24, 2.45) is 0 Å². The molecule has 3 aromatic rings. The van der Waals surface area contributed by atoms with E-state index in [9.17, 15) is 4.79 Å². The smallest absolute Gasteiger partial charge is 0.227 e. The minimum Gasteiger partial charge on any atom is -0.497 e. The lowest BCUT2D eigenvalue weighted by molar-refractivity contribution is -0.117. The Balaban J connectivity index is 1.72. The number of nitrogens with zero attached hydrogens (tertiary/aromatic N) is 3. The Morgan fingerprint density at radius 3 is 2.79 bits per heavy atom. The fourth-order valence-corrected chi connectivity index (χ4v) is 3.85. The molecule has 0 spiro atoms. The number of aromatic nitrogens is 2. The number of rotatable bonds is 6. The van der Waals surface area contributed by atoms with Gasteiger partial charge in [-0.05, 0) is 24.3 Å². The average molecular weight is 377 g/mol. The summed E-state index contributed by atoms with van der Waals surface area (Å²) in [5.41, 5.74) is 2.72. The number of benzene rings is 2. The average Bonchev–Trinajstić information content (AvgIpc) is 3.28. The summed E-state index contributed by atoms with van der Waals surface area (Å²) in [6.45, 7) is 5.07. The van der Waals surface area contributed by atoms with Gasteiger partial charge in [-0.15, -0.1) is 6.58 Å². The molecular weight excluding hydrogens is 354 g/mol. The maximum atomic E-state index is 12.9. The zero-order chi connectivity index (χ0) is 19.7. The van der Waals surface area contributed by atoms with Crippen molar-refractivity contribution >= 4 is 22.6 Å². The van der Waals surface area contributed by atoms with Crippen molar-refractivity contribution in [3.63, 3.8) is 0 Å². The van der Waals surface area contributed by atoms with Crippen molar-refractivity contribution in [2.45, 2.75) is 18.9 Å². The van der Waals surface area contributed by atoms with Gasteiger partial charge in [0.05, 0.1) is 30.9 Å². The van der Waals surface area contributed by atoms with E-state index < -0.39 is 0 Å². The fraction of sp³-hybridized carbons (Fsp3) is 0.273. The summed E-state index contributed by atoms with van der Waals surface area (Å²) in [7, 11) is 3.21. The molecule has 1 atom stereocenters. The summed E-state index contributed by atoms with van der Waals surface area (Å²) in [6, 6.07) is 13.5. The number of allylic oxidation sites excluding steroid dienone is 1. The highest BCUT2D eigenvalue weighted by Gasteiger charge is 2.36. The number of para-hydroxylation sites is 2. The first-order valence-electron chi connectivity index (χ1n) is 9.24. The first kappa shape index (κ1) is 18.1. The molecule has 28 heavy (non-hydrogen) atoms. The first-order chi connectivity index (χ1) is 13.7. The van der Waals surface area contributed by atoms with Crippen LogP contribution in [0, 0.1) is 0 Å². The third-order valence-corrected chi connectivity index (χ3v) is 5.16. The van der Waals surface area contributed by atoms with Gasteiger partial charge < -0.3 is 18.9 Å². The van der Waals surface area contributed by atoms with Crippen molar-refractivity contribution in [3.05, 3.63) is 60.9 Å². The van der Waals surface area contributed by atoms with Crippen LogP contribution in [0.25, 0.3) is 11.0 Å². The number of hydrogen-bond acceptors (Lipinski definition) is 4. The normalized spacial score (nSPS) is 16.6. The van der Waals surface area contributed by atoms with Crippen LogP contribution >= 0.6 is 0 Å². The summed E-state index contributed by atoms with van der Waals surface area (Å²) in [4.78, 5) is 19.5. The highest BCUT2D eigenvalue weighted by Crippen LogP contribution is 2.39. The molecule has 2 heterocycles. The summed E-state index contributed by atoms with van der Waals surface area (Å²) in [5.74, 6) is 2.30. The Bertz CT molecular complexity index is 1040. The van der Waals surface area contributed by atoms with E-state index in [0.717, 1.165) is 22.5 Å². The number of ether oxygens (including phenoxy) is 2. The molecule has 6 heteroatoms. The van der Waals surface area contributed by atoms with Crippen LogP contribution in [0.15, 0.2) is 55.1 Å². The van der Waals surface area contributed by atoms with E-state index in [4.69, 9.17) is 14.5 Å². The van der Waals surface area contributed by atoms with Crippen LogP contribution < -0.4 is 14.4 Å². The van der Waals surface area contributed by atoms with Crippen molar-refractivity contribution in [1.82, 2.24) is 9.55 Å². The lowest BCUT2D eigenvalue weighted by Crippen LogP contribution is -2.25. The number of carbonyl (C=O) groups is 1.